The number of carbonyl (C=O) groups excluding carboxylic acids is 2. The molecule has 0 saturated carbocycles. The van der Waals surface area contributed by atoms with Crippen molar-refractivity contribution in [3.63, 3.8) is 0 Å². The van der Waals surface area contributed by atoms with Gasteiger partial charge in [-0.25, -0.2) is 0 Å². The summed E-state index contributed by atoms with van der Waals surface area (Å²) in [4.78, 5) is 37.4. The van der Waals surface area contributed by atoms with E-state index in [1.54, 1.807) is 16.5 Å². The summed E-state index contributed by atoms with van der Waals surface area (Å²) < 4.78 is 1.62. The second kappa shape index (κ2) is 4.22. The van der Waals surface area contributed by atoms with Crippen LogP contribution >= 0.6 is 0 Å². The summed E-state index contributed by atoms with van der Waals surface area (Å²) in [6.45, 7) is 3.15. The normalized spacial score (nSPS) is 16.9. The Morgan fingerprint density at radius 1 is 1.25 bits per heavy atom. The number of rotatable bonds is 1. The number of hydrogen-bond acceptors (Lipinski definition) is 4. The lowest BCUT2D eigenvalue weighted by atomic mass is 10.1. The third-order valence-corrected chi connectivity index (χ3v) is 3.60. The molecule has 3 heterocycles. The predicted molar refractivity (Wildman–Crippen MR) is 72.1 cm³/mol. The Hall–Kier alpha value is -2.57. The first-order valence-corrected chi connectivity index (χ1v) is 6.26. The van der Waals surface area contributed by atoms with Crippen LogP contribution in [0.1, 0.15) is 26.5 Å². The van der Waals surface area contributed by atoms with E-state index in [4.69, 9.17) is 5.73 Å². The second-order valence-corrected chi connectivity index (χ2v) is 4.86. The van der Waals surface area contributed by atoms with Crippen LogP contribution in [0.2, 0.25) is 0 Å². The van der Waals surface area contributed by atoms with Gasteiger partial charge in [0.1, 0.15) is 17.9 Å². The van der Waals surface area contributed by atoms with E-state index in [2.05, 4.69) is 0 Å². The van der Waals surface area contributed by atoms with E-state index in [1.807, 2.05) is 17.2 Å². The van der Waals surface area contributed by atoms with Gasteiger partial charge < -0.3 is 10.6 Å². The minimum atomic E-state index is -0.775. The van der Waals surface area contributed by atoms with E-state index < -0.39 is 11.3 Å². The maximum absolute atomic E-state index is 12.4. The first-order valence-electron chi connectivity index (χ1n) is 6.26. The summed E-state index contributed by atoms with van der Waals surface area (Å²) in [6, 6.07) is 1.19. The van der Waals surface area contributed by atoms with E-state index in [9.17, 15) is 14.4 Å². The van der Waals surface area contributed by atoms with Crippen LogP contribution in [0, 0.1) is 6.92 Å². The molecule has 2 aliphatic heterocycles. The zero-order chi connectivity index (χ0) is 14.4. The molecule has 0 aromatic carbocycles. The Labute approximate surface area is 114 Å². The third-order valence-electron chi connectivity index (χ3n) is 3.60. The molecule has 0 spiro atoms. The molecule has 2 amide bonds. The fourth-order valence-electron chi connectivity index (χ4n) is 2.70. The van der Waals surface area contributed by atoms with Crippen molar-refractivity contribution < 1.29 is 9.59 Å². The van der Waals surface area contributed by atoms with Gasteiger partial charge in [0.05, 0.1) is 12.2 Å². The molecule has 0 saturated heterocycles. The van der Waals surface area contributed by atoms with Gasteiger partial charge in [0.2, 0.25) is 0 Å². The van der Waals surface area contributed by atoms with Gasteiger partial charge in [-0.2, -0.15) is 0 Å². The monoisotopic (exact) mass is 274 g/mol. The summed E-state index contributed by atoms with van der Waals surface area (Å²) in [6.07, 6.45) is 3.86. The largest absolute Gasteiger partial charge is 0.365 e. The molecule has 3 rings (SSSR count). The van der Waals surface area contributed by atoms with Crippen LogP contribution in [-0.2, 0) is 0 Å². The number of nitrogens with two attached hydrogens (primary N) is 1. The van der Waals surface area contributed by atoms with Crippen molar-refractivity contribution in [2.45, 2.75) is 6.92 Å². The average molecular weight is 274 g/mol. The van der Waals surface area contributed by atoms with Crippen LogP contribution < -0.4 is 16.2 Å². The van der Waals surface area contributed by atoms with Gasteiger partial charge in [-0.15, -0.1) is 0 Å². The molecule has 0 aliphatic carbocycles. The fourth-order valence-corrected chi connectivity index (χ4v) is 2.70. The molecule has 7 heteroatoms. The van der Waals surface area contributed by atoms with E-state index >= 15 is 0 Å². The quantitative estimate of drug-likeness (QED) is 0.677. The summed E-state index contributed by atoms with van der Waals surface area (Å²) in [7, 11) is 0. The summed E-state index contributed by atoms with van der Waals surface area (Å²) in [5, 5.41) is 1.89. The Balaban J connectivity index is 2.30. The lowest BCUT2D eigenvalue weighted by molar-refractivity contribution is 0.0718. The molecule has 0 radical (unpaired) electrons. The Morgan fingerprint density at radius 2 is 1.95 bits per heavy atom. The van der Waals surface area contributed by atoms with Crippen LogP contribution in [0.3, 0.4) is 0 Å². The van der Waals surface area contributed by atoms with E-state index in [-0.39, 0.29) is 17.2 Å². The molecule has 1 aromatic rings. The number of carbonyl (C=O) groups is 2. The number of primary amides is 1. The van der Waals surface area contributed by atoms with Gasteiger partial charge in [0.15, 0.2) is 5.43 Å². The smallest absolute Gasteiger partial charge is 0.274 e. The topological polar surface area (TPSA) is 88.6 Å². The maximum atomic E-state index is 12.4. The van der Waals surface area contributed by atoms with Gasteiger partial charge in [0.25, 0.3) is 11.8 Å². The summed E-state index contributed by atoms with van der Waals surface area (Å²) >= 11 is 0. The lowest BCUT2D eigenvalue weighted by Crippen LogP contribution is -2.54. The molecule has 0 atom stereocenters. The number of pyridine rings is 1. The minimum absolute atomic E-state index is 0.0665. The van der Waals surface area contributed by atoms with Crippen LogP contribution in [-0.4, -0.2) is 41.1 Å². The highest BCUT2D eigenvalue weighted by Gasteiger charge is 2.32. The van der Waals surface area contributed by atoms with Crippen molar-refractivity contribution in [2.75, 3.05) is 24.8 Å². The second-order valence-electron chi connectivity index (χ2n) is 4.86. The van der Waals surface area contributed by atoms with Gasteiger partial charge in [-0.1, -0.05) is 12.2 Å². The van der Waals surface area contributed by atoms with Crippen molar-refractivity contribution in [3.05, 3.63) is 45.4 Å². The third kappa shape index (κ3) is 1.63. The van der Waals surface area contributed by atoms with Gasteiger partial charge in [-0.05, 0) is 6.92 Å². The van der Waals surface area contributed by atoms with Crippen molar-refractivity contribution >= 4 is 11.8 Å². The zero-order valence-corrected chi connectivity index (χ0v) is 11.0. The van der Waals surface area contributed by atoms with Crippen LogP contribution in [0.15, 0.2) is 23.0 Å². The standard InChI is InChI=1S/C13H14N4O3/c1-8-11(12(14)19)10(18)6-9-13(20)15-4-2-3-5-16(7-15)17(8)9/h2-3,6H,4-5,7H2,1H3,(H2,14,19). The van der Waals surface area contributed by atoms with Crippen molar-refractivity contribution in [3.8, 4) is 0 Å². The van der Waals surface area contributed by atoms with E-state index in [1.165, 1.54) is 6.07 Å². The summed E-state index contributed by atoms with van der Waals surface area (Å²) in [5.74, 6) is -0.993. The molecule has 7 nitrogen and oxygen atoms in total. The molecule has 0 fully saturated rings. The number of nitrogens with zero attached hydrogens (tertiary/aromatic N) is 3. The van der Waals surface area contributed by atoms with Crippen LogP contribution in [0.4, 0.5) is 0 Å². The molecule has 20 heavy (non-hydrogen) atoms. The van der Waals surface area contributed by atoms with Gasteiger partial charge >= 0.3 is 0 Å². The molecule has 0 unspecified atom stereocenters. The highest BCUT2D eigenvalue weighted by molar-refractivity contribution is 5.97. The van der Waals surface area contributed by atoms with Crippen molar-refractivity contribution in [1.82, 2.24) is 9.58 Å². The molecular formula is C13H14N4O3. The molecule has 2 N–H and O–H groups in total. The number of amides is 2. The van der Waals surface area contributed by atoms with Gasteiger partial charge in [0, 0.05) is 12.6 Å². The SMILES string of the molecule is Cc1c(C(N)=O)c(=O)cc2n1N1CC=CCN(C1)C2=O. The number of hydrogen-bond donors (Lipinski definition) is 1. The molecule has 104 valence electrons. The maximum Gasteiger partial charge on any atom is 0.274 e. The first kappa shape index (κ1) is 12.5. The van der Waals surface area contributed by atoms with Crippen molar-refractivity contribution in [1.29, 1.82) is 0 Å². The highest BCUT2D eigenvalue weighted by atomic mass is 16.2. The number of aromatic nitrogens is 1. The van der Waals surface area contributed by atoms with E-state index in [0.29, 0.717) is 25.5 Å². The first-order chi connectivity index (χ1) is 9.50. The Morgan fingerprint density at radius 3 is 2.65 bits per heavy atom. The summed E-state index contributed by atoms with van der Waals surface area (Å²) in [5.41, 5.74) is 5.36. The van der Waals surface area contributed by atoms with Crippen LogP contribution in [0.5, 0.6) is 0 Å². The minimum Gasteiger partial charge on any atom is -0.365 e. The number of fused-ring (bicyclic) bond motifs is 4. The molecular weight excluding hydrogens is 260 g/mol. The Kier molecular flexibility index (Phi) is 2.63. The van der Waals surface area contributed by atoms with Crippen molar-refractivity contribution in [2.24, 2.45) is 5.73 Å². The lowest BCUT2D eigenvalue weighted by Gasteiger charge is -2.38. The van der Waals surface area contributed by atoms with Gasteiger partial charge in [-0.3, -0.25) is 24.1 Å². The molecule has 2 bridgehead atoms. The van der Waals surface area contributed by atoms with E-state index in [0.717, 1.165) is 0 Å². The highest BCUT2D eigenvalue weighted by Crippen LogP contribution is 2.18. The zero-order valence-electron chi connectivity index (χ0n) is 11.0. The predicted octanol–water partition coefficient (Wildman–Crippen LogP) is -0.823. The molecule has 2 aliphatic rings. The fraction of sp³-hybridized carbons (Fsp3) is 0.308. The van der Waals surface area contributed by atoms with Crippen LogP contribution in [0.25, 0.3) is 0 Å². The Bertz CT molecular complexity index is 704. The molecule has 1 aromatic heterocycles. The average Bonchev–Trinajstić information content (AvgIpc) is 2.59.